The maximum absolute atomic E-state index is 12.7. The molecular weight excluding hydrogens is 300 g/mol. The first-order valence-corrected chi connectivity index (χ1v) is 8.84. The molecule has 0 spiro atoms. The standard InChI is InChI=1S/C15H20N4O2S/c1-12-3-4-15(9-13(12)2)22(20,21)18-7-5-14(6-8-18)19-11-16-10-17-19/h3-4,9-11,14H,5-8H2,1-2H3. The fourth-order valence-corrected chi connectivity index (χ4v) is 4.33. The van der Waals surface area contributed by atoms with E-state index in [2.05, 4.69) is 10.1 Å². The Bertz CT molecular complexity index is 748. The molecule has 0 aliphatic carbocycles. The van der Waals surface area contributed by atoms with Crippen LogP contribution in [0.25, 0.3) is 0 Å². The predicted octanol–water partition coefficient (Wildman–Crippen LogP) is 1.92. The Hall–Kier alpha value is -1.73. The summed E-state index contributed by atoms with van der Waals surface area (Å²) in [5.74, 6) is 0. The number of benzene rings is 1. The molecule has 1 fully saturated rings. The first kappa shape index (κ1) is 15.2. The minimum absolute atomic E-state index is 0.230. The third-order valence-corrected chi connectivity index (χ3v) is 6.24. The van der Waals surface area contributed by atoms with Crippen LogP contribution >= 0.6 is 0 Å². The molecule has 6 nitrogen and oxygen atoms in total. The van der Waals surface area contributed by atoms with Crippen molar-refractivity contribution < 1.29 is 8.42 Å². The van der Waals surface area contributed by atoms with Crippen LogP contribution in [0.3, 0.4) is 0 Å². The average molecular weight is 320 g/mol. The largest absolute Gasteiger partial charge is 0.250 e. The van der Waals surface area contributed by atoms with Crippen molar-refractivity contribution in [3.05, 3.63) is 42.0 Å². The molecule has 2 heterocycles. The lowest BCUT2D eigenvalue weighted by Gasteiger charge is -2.31. The Morgan fingerprint density at radius 1 is 1.14 bits per heavy atom. The van der Waals surface area contributed by atoms with Gasteiger partial charge in [0.15, 0.2) is 0 Å². The van der Waals surface area contributed by atoms with E-state index in [-0.39, 0.29) is 6.04 Å². The zero-order valence-corrected chi connectivity index (χ0v) is 13.6. The van der Waals surface area contributed by atoms with E-state index in [4.69, 9.17) is 0 Å². The molecule has 7 heteroatoms. The van der Waals surface area contributed by atoms with E-state index in [9.17, 15) is 8.42 Å². The summed E-state index contributed by atoms with van der Waals surface area (Å²) in [5, 5.41) is 4.14. The maximum atomic E-state index is 12.7. The van der Waals surface area contributed by atoms with Gasteiger partial charge in [-0.2, -0.15) is 9.40 Å². The van der Waals surface area contributed by atoms with Gasteiger partial charge in [0.1, 0.15) is 12.7 Å². The number of aryl methyl sites for hydroxylation is 2. The molecule has 1 aliphatic heterocycles. The lowest BCUT2D eigenvalue weighted by Crippen LogP contribution is -2.39. The molecule has 118 valence electrons. The Morgan fingerprint density at radius 2 is 1.86 bits per heavy atom. The smallest absolute Gasteiger partial charge is 0.243 e. The summed E-state index contributed by atoms with van der Waals surface area (Å²) in [6.07, 6.45) is 4.72. The van der Waals surface area contributed by atoms with E-state index < -0.39 is 10.0 Å². The Morgan fingerprint density at radius 3 is 2.45 bits per heavy atom. The molecule has 0 amide bonds. The van der Waals surface area contributed by atoms with E-state index in [0.717, 1.165) is 24.0 Å². The second kappa shape index (κ2) is 5.81. The lowest BCUT2D eigenvalue weighted by atomic mass is 10.1. The molecule has 2 aromatic rings. The molecular formula is C15H20N4O2S. The molecule has 1 saturated heterocycles. The molecule has 0 saturated carbocycles. The number of hydrogen-bond donors (Lipinski definition) is 0. The van der Waals surface area contributed by atoms with Crippen LogP contribution in [0.15, 0.2) is 35.7 Å². The summed E-state index contributed by atoms with van der Waals surface area (Å²) in [4.78, 5) is 4.33. The van der Waals surface area contributed by atoms with Crippen molar-refractivity contribution in [2.75, 3.05) is 13.1 Å². The van der Waals surface area contributed by atoms with Crippen molar-refractivity contribution in [1.29, 1.82) is 0 Å². The zero-order valence-electron chi connectivity index (χ0n) is 12.8. The molecule has 0 radical (unpaired) electrons. The topological polar surface area (TPSA) is 68.1 Å². The monoisotopic (exact) mass is 320 g/mol. The van der Waals surface area contributed by atoms with Gasteiger partial charge in [-0.1, -0.05) is 6.07 Å². The van der Waals surface area contributed by atoms with Gasteiger partial charge in [-0.25, -0.2) is 18.1 Å². The van der Waals surface area contributed by atoms with Crippen molar-refractivity contribution in [2.45, 2.75) is 37.6 Å². The fourth-order valence-electron chi connectivity index (χ4n) is 2.78. The Balaban J connectivity index is 1.75. The van der Waals surface area contributed by atoms with Gasteiger partial charge < -0.3 is 0 Å². The quantitative estimate of drug-likeness (QED) is 0.866. The number of sulfonamides is 1. The Kier molecular flexibility index (Phi) is 4.01. The van der Waals surface area contributed by atoms with Gasteiger partial charge in [0.25, 0.3) is 0 Å². The number of aromatic nitrogens is 3. The molecule has 1 aliphatic rings. The van der Waals surface area contributed by atoms with Crippen LogP contribution in [0.5, 0.6) is 0 Å². The van der Waals surface area contributed by atoms with Crippen molar-refractivity contribution in [3.63, 3.8) is 0 Å². The van der Waals surface area contributed by atoms with Crippen molar-refractivity contribution in [3.8, 4) is 0 Å². The van der Waals surface area contributed by atoms with Crippen LogP contribution < -0.4 is 0 Å². The summed E-state index contributed by atoms with van der Waals surface area (Å²) in [6.45, 7) is 4.94. The number of piperidine rings is 1. The van der Waals surface area contributed by atoms with Crippen LogP contribution in [0.2, 0.25) is 0 Å². The first-order chi connectivity index (χ1) is 10.5. The van der Waals surface area contributed by atoms with Gasteiger partial charge in [0, 0.05) is 13.1 Å². The van der Waals surface area contributed by atoms with E-state index in [1.54, 1.807) is 22.8 Å². The normalized spacial score (nSPS) is 17.7. The highest BCUT2D eigenvalue weighted by molar-refractivity contribution is 7.89. The number of nitrogens with zero attached hydrogens (tertiary/aromatic N) is 4. The number of hydrogen-bond acceptors (Lipinski definition) is 4. The highest BCUT2D eigenvalue weighted by Crippen LogP contribution is 2.26. The van der Waals surface area contributed by atoms with Crippen LogP contribution in [0, 0.1) is 13.8 Å². The third kappa shape index (κ3) is 2.78. The van der Waals surface area contributed by atoms with Crippen molar-refractivity contribution >= 4 is 10.0 Å². The highest BCUT2D eigenvalue weighted by atomic mass is 32.2. The van der Waals surface area contributed by atoms with E-state index >= 15 is 0 Å². The van der Waals surface area contributed by atoms with E-state index in [1.165, 1.54) is 6.33 Å². The summed E-state index contributed by atoms with van der Waals surface area (Å²) < 4.78 is 28.9. The van der Waals surface area contributed by atoms with Gasteiger partial charge in [-0.05, 0) is 49.9 Å². The van der Waals surface area contributed by atoms with Gasteiger partial charge in [-0.3, -0.25) is 0 Å². The van der Waals surface area contributed by atoms with Gasteiger partial charge in [0.05, 0.1) is 10.9 Å². The minimum Gasteiger partial charge on any atom is -0.250 e. The Labute approximate surface area is 130 Å². The summed E-state index contributed by atoms with van der Waals surface area (Å²) in [5.41, 5.74) is 2.10. The van der Waals surface area contributed by atoms with Crippen LogP contribution in [0.1, 0.15) is 30.0 Å². The lowest BCUT2D eigenvalue weighted by molar-refractivity contribution is 0.260. The molecule has 0 bridgehead atoms. The van der Waals surface area contributed by atoms with E-state index in [0.29, 0.717) is 18.0 Å². The average Bonchev–Trinajstić information content (AvgIpc) is 3.04. The molecule has 1 aromatic heterocycles. The minimum atomic E-state index is -3.41. The fraction of sp³-hybridized carbons (Fsp3) is 0.467. The van der Waals surface area contributed by atoms with Crippen LogP contribution in [0.4, 0.5) is 0 Å². The number of rotatable bonds is 3. The van der Waals surface area contributed by atoms with E-state index in [1.807, 2.05) is 24.6 Å². The zero-order chi connectivity index (χ0) is 15.7. The second-order valence-electron chi connectivity index (χ2n) is 5.76. The summed E-state index contributed by atoms with van der Waals surface area (Å²) in [7, 11) is -3.41. The third-order valence-electron chi connectivity index (χ3n) is 4.35. The maximum Gasteiger partial charge on any atom is 0.243 e. The summed E-state index contributed by atoms with van der Waals surface area (Å²) in [6, 6.07) is 5.55. The summed E-state index contributed by atoms with van der Waals surface area (Å²) >= 11 is 0. The first-order valence-electron chi connectivity index (χ1n) is 7.40. The van der Waals surface area contributed by atoms with Gasteiger partial charge >= 0.3 is 0 Å². The van der Waals surface area contributed by atoms with Crippen molar-refractivity contribution in [2.24, 2.45) is 0 Å². The predicted molar refractivity (Wildman–Crippen MR) is 83.0 cm³/mol. The molecule has 22 heavy (non-hydrogen) atoms. The van der Waals surface area contributed by atoms with Crippen molar-refractivity contribution in [1.82, 2.24) is 19.1 Å². The molecule has 1 aromatic carbocycles. The molecule has 3 rings (SSSR count). The molecule has 0 N–H and O–H groups in total. The van der Waals surface area contributed by atoms with Crippen LogP contribution in [-0.2, 0) is 10.0 Å². The van der Waals surface area contributed by atoms with Crippen LogP contribution in [-0.4, -0.2) is 40.6 Å². The van der Waals surface area contributed by atoms with Gasteiger partial charge in [-0.15, -0.1) is 0 Å². The highest BCUT2D eigenvalue weighted by Gasteiger charge is 2.30. The van der Waals surface area contributed by atoms with Gasteiger partial charge in [0.2, 0.25) is 10.0 Å². The SMILES string of the molecule is Cc1ccc(S(=O)(=O)N2CCC(n3cncn3)CC2)cc1C. The second-order valence-corrected chi connectivity index (χ2v) is 7.69. The molecule has 0 atom stereocenters. The molecule has 0 unspecified atom stereocenters.